The Kier molecular flexibility index (Phi) is 6.25. The van der Waals surface area contributed by atoms with Crippen LogP contribution in [0.1, 0.15) is 35.7 Å². The Hall–Kier alpha value is -2.12. The summed E-state index contributed by atoms with van der Waals surface area (Å²) in [6.45, 7) is 5.49. The molecule has 1 N–H and O–H groups in total. The van der Waals surface area contributed by atoms with Crippen LogP contribution in [0.25, 0.3) is 0 Å². The van der Waals surface area contributed by atoms with E-state index in [1.54, 1.807) is 11.8 Å². The second-order valence-electron chi connectivity index (χ2n) is 7.58. The summed E-state index contributed by atoms with van der Waals surface area (Å²) in [5.74, 6) is 0.182. The molecule has 2 saturated heterocycles. The SMILES string of the molecule is CC(=O)N1CCc2cc(C(=O)N3CCCC(N4CCNCC4=O)C3)ccc21.Cl. The second kappa shape index (κ2) is 8.49. The number of halogens is 1. The fourth-order valence-electron chi connectivity index (χ4n) is 4.45. The standard InChI is InChI=1S/C20H26N4O3.ClH/c1-14(25)23-9-6-15-11-16(4-5-18(15)23)20(27)22-8-2-3-17(13-22)24-10-7-21-12-19(24)26;/h4-5,11,17,21H,2-3,6-10,12-13H2,1H3;1H. The van der Waals surface area contributed by atoms with Crippen LogP contribution in [0, 0.1) is 0 Å². The summed E-state index contributed by atoms with van der Waals surface area (Å²) in [5, 5.41) is 3.10. The first-order valence-corrected chi connectivity index (χ1v) is 9.75. The number of benzene rings is 1. The Morgan fingerprint density at radius 3 is 2.75 bits per heavy atom. The number of hydrogen-bond donors (Lipinski definition) is 1. The minimum absolute atomic E-state index is 0. The Labute approximate surface area is 171 Å². The van der Waals surface area contributed by atoms with E-state index in [1.165, 1.54) is 0 Å². The summed E-state index contributed by atoms with van der Waals surface area (Å²) in [6, 6.07) is 5.75. The average molecular weight is 407 g/mol. The van der Waals surface area contributed by atoms with Gasteiger partial charge in [0.2, 0.25) is 11.8 Å². The maximum atomic E-state index is 13.1. The number of fused-ring (bicyclic) bond motifs is 1. The number of nitrogens with zero attached hydrogens (tertiary/aromatic N) is 3. The van der Waals surface area contributed by atoms with Crippen molar-refractivity contribution in [2.75, 3.05) is 44.2 Å². The predicted octanol–water partition coefficient (Wildman–Crippen LogP) is 1.05. The number of carbonyl (C=O) groups is 3. The van der Waals surface area contributed by atoms with Crippen molar-refractivity contribution < 1.29 is 14.4 Å². The van der Waals surface area contributed by atoms with E-state index in [9.17, 15) is 14.4 Å². The summed E-state index contributed by atoms with van der Waals surface area (Å²) >= 11 is 0. The van der Waals surface area contributed by atoms with Gasteiger partial charge in [0.25, 0.3) is 5.91 Å². The molecule has 0 radical (unpaired) electrons. The lowest BCUT2D eigenvalue weighted by Gasteiger charge is -2.41. The number of likely N-dealkylation sites (tertiary alicyclic amines) is 1. The molecule has 0 saturated carbocycles. The first-order valence-electron chi connectivity index (χ1n) is 9.75. The lowest BCUT2D eigenvalue weighted by atomic mass is 10.0. The molecule has 28 heavy (non-hydrogen) atoms. The van der Waals surface area contributed by atoms with Crippen LogP contribution < -0.4 is 10.2 Å². The number of hydrogen-bond acceptors (Lipinski definition) is 4. The number of carbonyl (C=O) groups excluding carboxylic acids is 3. The third-order valence-corrected chi connectivity index (χ3v) is 5.85. The van der Waals surface area contributed by atoms with Crippen LogP contribution in [0.2, 0.25) is 0 Å². The maximum Gasteiger partial charge on any atom is 0.253 e. The number of piperazine rings is 1. The van der Waals surface area contributed by atoms with E-state index in [0.717, 1.165) is 43.6 Å². The van der Waals surface area contributed by atoms with Gasteiger partial charge in [0.1, 0.15) is 0 Å². The molecule has 1 aromatic carbocycles. The van der Waals surface area contributed by atoms with Crippen molar-refractivity contribution in [3.63, 3.8) is 0 Å². The predicted molar refractivity (Wildman–Crippen MR) is 109 cm³/mol. The van der Waals surface area contributed by atoms with Gasteiger partial charge < -0.3 is 20.0 Å². The highest BCUT2D eigenvalue weighted by molar-refractivity contribution is 5.98. The van der Waals surface area contributed by atoms with Crippen LogP contribution in [0.5, 0.6) is 0 Å². The van der Waals surface area contributed by atoms with E-state index in [0.29, 0.717) is 31.7 Å². The first kappa shape index (κ1) is 20.6. The van der Waals surface area contributed by atoms with E-state index in [4.69, 9.17) is 0 Å². The molecule has 0 aliphatic carbocycles. The molecular formula is C20H27ClN4O3. The topological polar surface area (TPSA) is 73.0 Å². The fraction of sp³-hybridized carbons (Fsp3) is 0.550. The molecule has 152 valence electrons. The first-order chi connectivity index (χ1) is 13.0. The molecule has 1 unspecified atom stereocenters. The molecule has 0 aromatic heterocycles. The van der Waals surface area contributed by atoms with Gasteiger partial charge in [-0.15, -0.1) is 12.4 Å². The molecule has 0 bridgehead atoms. The van der Waals surface area contributed by atoms with Gasteiger partial charge >= 0.3 is 0 Å². The molecular weight excluding hydrogens is 380 g/mol. The largest absolute Gasteiger partial charge is 0.337 e. The van der Waals surface area contributed by atoms with Crippen molar-refractivity contribution in [3.8, 4) is 0 Å². The van der Waals surface area contributed by atoms with Crippen LogP contribution in [0.4, 0.5) is 5.69 Å². The van der Waals surface area contributed by atoms with Gasteiger partial charge in [0.15, 0.2) is 0 Å². The lowest BCUT2D eigenvalue weighted by molar-refractivity contribution is -0.135. The van der Waals surface area contributed by atoms with Crippen LogP contribution in [-0.2, 0) is 16.0 Å². The summed E-state index contributed by atoms with van der Waals surface area (Å²) in [5.41, 5.74) is 2.65. The van der Waals surface area contributed by atoms with Gasteiger partial charge in [-0.1, -0.05) is 0 Å². The number of amides is 3. The highest BCUT2D eigenvalue weighted by Gasteiger charge is 2.32. The van der Waals surface area contributed by atoms with Crippen molar-refractivity contribution in [1.82, 2.24) is 15.1 Å². The Morgan fingerprint density at radius 1 is 1.18 bits per heavy atom. The third-order valence-electron chi connectivity index (χ3n) is 5.85. The Bertz CT molecular complexity index is 785. The molecule has 1 aromatic rings. The van der Waals surface area contributed by atoms with Gasteiger partial charge in [-0.2, -0.15) is 0 Å². The van der Waals surface area contributed by atoms with Crippen LogP contribution >= 0.6 is 12.4 Å². The van der Waals surface area contributed by atoms with Crippen molar-refractivity contribution in [2.24, 2.45) is 0 Å². The van der Waals surface area contributed by atoms with E-state index in [2.05, 4.69) is 5.32 Å². The van der Waals surface area contributed by atoms with E-state index in [1.807, 2.05) is 28.0 Å². The monoisotopic (exact) mass is 406 g/mol. The van der Waals surface area contributed by atoms with E-state index < -0.39 is 0 Å². The molecule has 8 heteroatoms. The van der Waals surface area contributed by atoms with Crippen LogP contribution in [0.3, 0.4) is 0 Å². The number of anilines is 1. The van der Waals surface area contributed by atoms with Crippen LogP contribution in [0.15, 0.2) is 18.2 Å². The second-order valence-corrected chi connectivity index (χ2v) is 7.58. The Morgan fingerprint density at radius 2 is 2.00 bits per heavy atom. The minimum Gasteiger partial charge on any atom is -0.337 e. The number of rotatable bonds is 2. The van der Waals surface area contributed by atoms with Gasteiger partial charge in [0, 0.05) is 56.9 Å². The normalized spacial score (nSPS) is 22.0. The summed E-state index contributed by atoms with van der Waals surface area (Å²) in [6.07, 6.45) is 2.65. The Balaban J connectivity index is 0.00000225. The van der Waals surface area contributed by atoms with Crippen molar-refractivity contribution in [2.45, 2.75) is 32.2 Å². The van der Waals surface area contributed by atoms with Crippen molar-refractivity contribution in [1.29, 1.82) is 0 Å². The molecule has 1 atom stereocenters. The molecule has 4 rings (SSSR count). The fourth-order valence-corrected chi connectivity index (χ4v) is 4.45. The molecule has 3 amide bonds. The summed E-state index contributed by atoms with van der Waals surface area (Å²) < 4.78 is 0. The number of nitrogens with one attached hydrogen (secondary N) is 1. The van der Waals surface area contributed by atoms with E-state index >= 15 is 0 Å². The summed E-state index contributed by atoms with van der Waals surface area (Å²) in [7, 11) is 0. The van der Waals surface area contributed by atoms with E-state index in [-0.39, 0.29) is 36.2 Å². The highest BCUT2D eigenvalue weighted by Crippen LogP contribution is 2.29. The van der Waals surface area contributed by atoms with Gasteiger partial charge in [0.05, 0.1) is 6.54 Å². The quantitative estimate of drug-likeness (QED) is 0.796. The zero-order valence-corrected chi connectivity index (χ0v) is 17.0. The minimum atomic E-state index is 0. The highest BCUT2D eigenvalue weighted by atomic mass is 35.5. The third kappa shape index (κ3) is 3.86. The molecule has 3 heterocycles. The van der Waals surface area contributed by atoms with Crippen molar-refractivity contribution >= 4 is 35.8 Å². The van der Waals surface area contributed by atoms with Crippen molar-refractivity contribution in [3.05, 3.63) is 29.3 Å². The molecule has 0 spiro atoms. The van der Waals surface area contributed by atoms with Gasteiger partial charge in [-0.05, 0) is 43.0 Å². The lowest BCUT2D eigenvalue weighted by Crippen LogP contribution is -2.57. The van der Waals surface area contributed by atoms with Gasteiger partial charge in [-0.25, -0.2) is 0 Å². The molecule has 7 nitrogen and oxygen atoms in total. The number of piperidine rings is 1. The molecule has 3 aliphatic heterocycles. The molecule has 3 aliphatic rings. The average Bonchev–Trinajstić information content (AvgIpc) is 3.11. The van der Waals surface area contributed by atoms with Crippen LogP contribution in [-0.4, -0.2) is 72.8 Å². The zero-order valence-electron chi connectivity index (χ0n) is 16.1. The van der Waals surface area contributed by atoms with Gasteiger partial charge in [-0.3, -0.25) is 14.4 Å². The molecule has 2 fully saturated rings. The summed E-state index contributed by atoms with van der Waals surface area (Å²) in [4.78, 5) is 42.5. The maximum absolute atomic E-state index is 13.1. The zero-order chi connectivity index (χ0) is 19.0. The smallest absolute Gasteiger partial charge is 0.253 e.